The lowest BCUT2D eigenvalue weighted by atomic mass is 10.1. The zero-order chi connectivity index (χ0) is 9.40. The van der Waals surface area contributed by atoms with E-state index >= 15 is 0 Å². The first kappa shape index (κ1) is 11.1. The van der Waals surface area contributed by atoms with Gasteiger partial charge in [0.05, 0.1) is 5.92 Å². The zero-order valence-electron chi connectivity index (χ0n) is 8.57. The molecule has 0 aromatic heterocycles. The highest BCUT2D eigenvalue weighted by Gasteiger charge is 1.95. The molecule has 0 aromatic rings. The second-order valence-corrected chi connectivity index (χ2v) is 2.95. The molecule has 0 bridgehead atoms. The summed E-state index contributed by atoms with van der Waals surface area (Å²) in [5.41, 5.74) is 0. The largest absolute Gasteiger partial charge is 0.105 e. The van der Waals surface area contributed by atoms with E-state index in [1.54, 1.807) is 0 Å². The second-order valence-electron chi connectivity index (χ2n) is 2.95. The van der Waals surface area contributed by atoms with Gasteiger partial charge in [-0.3, -0.25) is 0 Å². The molecule has 0 fully saturated rings. The highest BCUT2D eigenvalue weighted by Crippen LogP contribution is 2.01. The van der Waals surface area contributed by atoms with Crippen molar-refractivity contribution in [2.45, 2.75) is 40.5 Å². The van der Waals surface area contributed by atoms with Crippen LogP contribution < -0.4 is 0 Å². The van der Waals surface area contributed by atoms with Crippen LogP contribution >= 0.6 is 0 Å². The predicted octanol–water partition coefficient (Wildman–Crippen LogP) is 3.09. The summed E-state index contributed by atoms with van der Waals surface area (Å²) in [6.45, 7) is 8.30. The van der Waals surface area contributed by atoms with Crippen molar-refractivity contribution in [3.8, 4) is 23.7 Å². The van der Waals surface area contributed by atoms with E-state index in [1.807, 2.05) is 6.92 Å². The summed E-state index contributed by atoms with van der Waals surface area (Å²) >= 11 is 0. The van der Waals surface area contributed by atoms with Gasteiger partial charge in [0.1, 0.15) is 0 Å². The van der Waals surface area contributed by atoms with E-state index in [9.17, 15) is 0 Å². The molecule has 0 nitrogen and oxygen atoms in total. The van der Waals surface area contributed by atoms with Crippen LogP contribution in [0.15, 0.2) is 0 Å². The summed E-state index contributed by atoms with van der Waals surface area (Å²) in [5, 5.41) is 0. The summed E-state index contributed by atoms with van der Waals surface area (Å²) in [6, 6.07) is 0. The Bertz CT molecular complexity index is 216. The standard InChI is InChI=1S/C12H18/c1-5-8-12(7-3)10-9-11(4)6-2/h11-12H,6-7H2,1-4H3. The van der Waals surface area contributed by atoms with Crippen molar-refractivity contribution >= 4 is 0 Å². The Labute approximate surface area is 76.8 Å². The van der Waals surface area contributed by atoms with Crippen molar-refractivity contribution in [3.63, 3.8) is 0 Å². The molecule has 0 heterocycles. The molecule has 0 N–H and O–H groups in total. The predicted molar refractivity (Wildman–Crippen MR) is 54.5 cm³/mol. The lowest BCUT2D eigenvalue weighted by Gasteiger charge is -1.98. The van der Waals surface area contributed by atoms with Crippen molar-refractivity contribution in [2.24, 2.45) is 11.8 Å². The monoisotopic (exact) mass is 162 g/mol. The Kier molecular flexibility index (Phi) is 6.31. The maximum absolute atomic E-state index is 3.22. The zero-order valence-corrected chi connectivity index (χ0v) is 8.57. The normalized spacial score (nSPS) is 13.3. The van der Waals surface area contributed by atoms with Gasteiger partial charge in [0, 0.05) is 5.92 Å². The number of hydrogen-bond donors (Lipinski definition) is 0. The fourth-order valence-corrected chi connectivity index (χ4v) is 0.759. The van der Waals surface area contributed by atoms with E-state index in [0.717, 1.165) is 12.8 Å². The third-order valence-electron chi connectivity index (χ3n) is 1.84. The molecule has 0 heteroatoms. The summed E-state index contributed by atoms with van der Waals surface area (Å²) in [4.78, 5) is 0. The average molecular weight is 162 g/mol. The Morgan fingerprint density at radius 3 is 2.08 bits per heavy atom. The molecule has 0 aliphatic heterocycles. The molecule has 0 saturated carbocycles. The fourth-order valence-electron chi connectivity index (χ4n) is 0.759. The molecule has 2 unspecified atom stereocenters. The van der Waals surface area contributed by atoms with E-state index in [4.69, 9.17) is 0 Å². The minimum Gasteiger partial charge on any atom is -0.105 e. The van der Waals surface area contributed by atoms with E-state index in [1.165, 1.54) is 0 Å². The third kappa shape index (κ3) is 4.86. The van der Waals surface area contributed by atoms with Gasteiger partial charge < -0.3 is 0 Å². The van der Waals surface area contributed by atoms with Gasteiger partial charge >= 0.3 is 0 Å². The fraction of sp³-hybridized carbons (Fsp3) is 0.667. The van der Waals surface area contributed by atoms with Crippen LogP contribution in [0, 0.1) is 35.5 Å². The van der Waals surface area contributed by atoms with Gasteiger partial charge in [0.15, 0.2) is 0 Å². The van der Waals surface area contributed by atoms with Crippen molar-refractivity contribution in [3.05, 3.63) is 0 Å². The molecule has 0 rings (SSSR count). The lowest BCUT2D eigenvalue weighted by Crippen LogP contribution is -1.92. The van der Waals surface area contributed by atoms with Gasteiger partial charge in [0.2, 0.25) is 0 Å². The van der Waals surface area contributed by atoms with E-state index in [-0.39, 0.29) is 5.92 Å². The van der Waals surface area contributed by atoms with Crippen LogP contribution in [0.2, 0.25) is 0 Å². The minimum atomic E-state index is 0.281. The van der Waals surface area contributed by atoms with Crippen molar-refractivity contribution in [1.82, 2.24) is 0 Å². The van der Waals surface area contributed by atoms with Crippen molar-refractivity contribution in [1.29, 1.82) is 0 Å². The topological polar surface area (TPSA) is 0 Å². The first-order valence-electron chi connectivity index (χ1n) is 4.67. The molecule has 0 spiro atoms. The van der Waals surface area contributed by atoms with Crippen LogP contribution in [0.1, 0.15) is 40.5 Å². The van der Waals surface area contributed by atoms with Crippen LogP contribution in [-0.4, -0.2) is 0 Å². The number of rotatable bonds is 2. The van der Waals surface area contributed by atoms with Crippen LogP contribution in [0.3, 0.4) is 0 Å². The van der Waals surface area contributed by atoms with Gasteiger partial charge in [-0.15, -0.1) is 5.92 Å². The molecular weight excluding hydrogens is 144 g/mol. The quantitative estimate of drug-likeness (QED) is 0.547. The van der Waals surface area contributed by atoms with Crippen LogP contribution in [-0.2, 0) is 0 Å². The molecular formula is C12H18. The summed E-state index contributed by atoms with van der Waals surface area (Å²) < 4.78 is 0. The van der Waals surface area contributed by atoms with Crippen molar-refractivity contribution in [2.75, 3.05) is 0 Å². The maximum atomic E-state index is 3.22. The Balaban J connectivity index is 4.11. The van der Waals surface area contributed by atoms with Gasteiger partial charge in [-0.25, -0.2) is 0 Å². The number of hydrogen-bond acceptors (Lipinski definition) is 0. The van der Waals surface area contributed by atoms with Gasteiger partial charge in [0.25, 0.3) is 0 Å². The summed E-state index contributed by atoms with van der Waals surface area (Å²) in [6.07, 6.45) is 2.16. The van der Waals surface area contributed by atoms with Crippen LogP contribution in [0.25, 0.3) is 0 Å². The SMILES string of the molecule is CC#CC(C#CC(C)CC)CC. The average Bonchev–Trinajstić information content (AvgIpc) is 2.11. The van der Waals surface area contributed by atoms with Crippen LogP contribution in [0.4, 0.5) is 0 Å². The molecule has 12 heavy (non-hydrogen) atoms. The molecule has 0 aromatic carbocycles. The molecule has 0 saturated heterocycles. The smallest absolute Gasteiger partial charge is 0.0808 e. The third-order valence-corrected chi connectivity index (χ3v) is 1.84. The van der Waals surface area contributed by atoms with Gasteiger partial charge in [-0.2, -0.15) is 0 Å². The van der Waals surface area contributed by atoms with Gasteiger partial charge in [-0.05, 0) is 19.8 Å². The molecule has 0 aliphatic rings. The first-order valence-corrected chi connectivity index (χ1v) is 4.67. The van der Waals surface area contributed by atoms with Gasteiger partial charge in [-0.1, -0.05) is 38.5 Å². The molecule has 0 radical (unpaired) electrons. The highest BCUT2D eigenvalue weighted by atomic mass is 14.0. The Morgan fingerprint density at radius 2 is 1.67 bits per heavy atom. The first-order chi connectivity index (χ1) is 5.74. The molecule has 66 valence electrons. The van der Waals surface area contributed by atoms with E-state index in [2.05, 4.69) is 44.5 Å². The highest BCUT2D eigenvalue weighted by molar-refractivity contribution is 5.17. The van der Waals surface area contributed by atoms with E-state index in [0.29, 0.717) is 5.92 Å². The molecule has 0 amide bonds. The summed E-state index contributed by atoms with van der Waals surface area (Å²) in [7, 11) is 0. The minimum absolute atomic E-state index is 0.281. The van der Waals surface area contributed by atoms with Crippen LogP contribution in [0.5, 0.6) is 0 Å². The van der Waals surface area contributed by atoms with Crippen molar-refractivity contribution < 1.29 is 0 Å². The molecule has 0 aliphatic carbocycles. The maximum Gasteiger partial charge on any atom is 0.0808 e. The summed E-state index contributed by atoms with van der Waals surface area (Å²) in [5.74, 6) is 13.2. The Morgan fingerprint density at radius 1 is 1.00 bits per heavy atom. The molecule has 2 atom stereocenters. The van der Waals surface area contributed by atoms with E-state index < -0.39 is 0 Å². The Hall–Kier alpha value is -0.880. The second kappa shape index (κ2) is 6.81. The lowest BCUT2D eigenvalue weighted by molar-refractivity contribution is 0.718.